The minimum absolute atomic E-state index is 0.0483. The fraction of sp³-hybridized carbons (Fsp3) is 0.935. The molecular formula is C62H102O31S. The Balaban J connectivity index is 0.897. The first-order valence-corrected chi connectivity index (χ1v) is 34.4. The van der Waals surface area contributed by atoms with Gasteiger partial charge in [0, 0.05) is 0 Å². The second-order valence-electron chi connectivity index (χ2n) is 29.0. The molecule has 16 N–H and O–H groups in total. The largest absolute Gasteiger partial charge is 0.397 e. The third-order valence-corrected chi connectivity index (χ3v) is 22.9. The molecule has 10 aliphatic rings. The topological polar surface area (TPSA) is 478 Å². The fourth-order valence-electron chi connectivity index (χ4n) is 17.0. The van der Waals surface area contributed by atoms with E-state index in [-0.39, 0.29) is 36.0 Å². The Hall–Kier alpha value is -1.73. The van der Waals surface area contributed by atoms with E-state index in [0.29, 0.717) is 32.1 Å². The molecule has 9 fully saturated rings. The van der Waals surface area contributed by atoms with Crippen LogP contribution in [0.3, 0.4) is 0 Å². The number of aliphatic hydroxyl groups is 15. The molecule has 0 aromatic rings. The van der Waals surface area contributed by atoms with Gasteiger partial charge in [-0.15, -0.1) is 0 Å². The molecule has 0 aromatic carbocycles. The van der Waals surface area contributed by atoms with E-state index in [1.807, 2.05) is 20.8 Å². The Morgan fingerprint density at radius 1 is 0.574 bits per heavy atom. The van der Waals surface area contributed by atoms with Gasteiger partial charge in [0.1, 0.15) is 116 Å². The second-order valence-corrected chi connectivity index (χ2v) is 30.0. The van der Waals surface area contributed by atoms with Crippen molar-refractivity contribution in [2.45, 2.75) is 316 Å². The molecule has 6 aliphatic heterocycles. The molecular weight excluding hydrogens is 1270 g/mol. The molecule has 0 radical (unpaired) electrons. The highest BCUT2D eigenvalue weighted by atomic mass is 32.3. The Morgan fingerprint density at radius 3 is 1.66 bits per heavy atom. The van der Waals surface area contributed by atoms with Gasteiger partial charge in [-0.2, -0.15) is 8.42 Å². The maximum Gasteiger partial charge on any atom is 0.397 e. The van der Waals surface area contributed by atoms with Crippen molar-refractivity contribution in [1.29, 1.82) is 0 Å². The van der Waals surface area contributed by atoms with Gasteiger partial charge in [0.2, 0.25) is 0 Å². The molecule has 31 nitrogen and oxygen atoms in total. The van der Waals surface area contributed by atoms with Gasteiger partial charge in [0.25, 0.3) is 0 Å². The van der Waals surface area contributed by atoms with Crippen LogP contribution in [-0.2, 0) is 71.4 Å². The molecule has 0 amide bonds. The van der Waals surface area contributed by atoms with Crippen LogP contribution in [0.15, 0.2) is 23.3 Å². The third-order valence-electron chi connectivity index (χ3n) is 22.4. The van der Waals surface area contributed by atoms with Crippen LogP contribution in [0.4, 0.5) is 0 Å². The van der Waals surface area contributed by atoms with E-state index in [2.05, 4.69) is 26.0 Å². The SMILES string of the molecule is CC(C)=CCC[C@](C)(O)[C@H]1CC[C@H]2[C@@H]3C[C@H](O[C@@H]4O[C@H](C)[C@@H](O)[C@H](O[C@@H]5OC[C@H](O[C@@H]6O[C@H](C)[C@H](O)[C@H](O)[C@H]6O[C@@H]6O[C@H](C)[C@H](O)[C@H](O[C@@H]7O[C@H](CO)[C@H](O)[C@H](O)[C@H]7O)[C@H]6O)[C@H](O)[C@H]5O[C@@H]5O[C@H](C)[C@@H](O)[C@H](O)[C@H]5O)[C@H]4O)[C@H]4C[C@@H](OS(=O)(=O)O)CC[C@]4(C)C3=CC[C@@]21C. The van der Waals surface area contributed by atoms with Gasteiger partial charge in [0.05, 0.1) is 55.4 Å². The Kier molecular flexibility index (Phi) is 23.4. The lowest BCUT2D eigenvalue weighted by Gasteiger charge is -2.60. The average molecular weight is 1380 g/mol. The monoisotopic (exact) mass is 1370 g/mol. The first-order valence-electron chi connectivity index (χ1n) is 33.0. The first-order chi connectivity index (χ1) is 44.0. The Bertz CT molecular complexity index is 2710. The van der Waals surface area contributed by atoms with Crippen LogP contribution >= 0.6 is 0 Å². The normalized spacial score (nSPS) is 52.4. The van der Waals surface area contributed by atoms with E-state index in [0.717, 1.165) is 18.4 Å². The van der Waals surface area contributed by atoms with Gasteiger partial charge in [-0.1, -0.05) is 37.1 Å². The van der Waals surface area contributed by atoms with Crippen molar-refractivity contribution < 1.29 is 151 Å². The number of rotatable bonds is 19. The van der Waals surface area contributed by atoms with Crippen LogP contribution in [0.5, 0.6) is 0 Å². The van der Waals surface area contributed by atoms with E-state index < -0.39 is 231 Å². The summed E-state index contributed by atoms with van der Waals surface area (Å²) >= 11 is 0. The molecule has 94 heavy (non-hydrogen) atoms. The molecule has 542 valence electrons. The van der Waals surface area contributed by atoms with E-state index in [9.17, 15) is 89.6 Å². The van der Waals surface area contributed by atoms with Gasteiger partial charge in [-0.25, -0.2) is 4.18 Å². The maximum atomic E-state index is 12.5. The van der Waals surface area contributed by atoms with Crippen LogP contribution in [0.1, 0.15) is 120 Å². The maximum absolute atomic E-state index is 12.5. The van der Waals surface area contributed by atoms with Crippen LogP contribution in [0.2, 0.25) is 0 Å². The summed E-state index contributed by atoms with van der Waals surface area (Å²) in [6.45, 7) is 14.4. The lowest BCUT2D eigenvalue weighted by atomic mass is 9.47. The number of hydrogen-bond acceptors (Lipinski definition) is 30. The van der Waals surface area contributed by atoms with Crippen molar-refractivity contribution in [1.82, 2.24) is 0 Å². The van der Waals surface area contributed by atoms with Gasteiger partial charge in [-0.3, -0.25) is 4.55 Å². The summed E-state index contributed by atoms with van der Waals surface area (Å²) in [4.78, 5) is 0. The Labute approximate surface area is 546 Å². The van der Waals surface area contributed by atoms with Crippen LogP contribution in [0.25, 0.3) is 0 Å². The van der Waals surface area contributed by atoms with E-state index >= 15 is 0 Å². The van der Waals surface area contributed by atoms with Crippen LogP contribution < -0.4 is 0 Å². The highest BCUT2D eigenvalue weighted by Gasteiger charge is 2.64. The fourth-order valence-corrected chi connectivity index (χ4v) is 17.5. The van der Waals surface area contributed by atoms with Crippen LogP contribution in [0, 0.1) is 34.5 Å². The Morgan fingerprint density at radius 2 is 1.07 bits per heavy atom. The van der Waals surface area contributed by atoms with Gasteiger partial charge in [-0.05, 0) is 141 Å². The van der Waals surface area contributed by atoms with Crippen molar-refractivity contribution in [3.8, 4) is 0 Å². The summed E-state index contributed by atoms with van der Waals surface area (Å²) in [6.07, 6.45) is -42.5. The van der Waals surface area contributed by atoms with Crippen molar-refractivity contribution in [2.24, 2.45) is 34.5 Å². The summed E-state index contributed by atoms with van der Waals surface area (Å²) < 4.78 is 113. The van der Waals surface area contributed by atoms with E-state index in [1.165, 1.54) is 33.3 Å². The predicted octanol–water partition coefficient (Wildman–Crippen LogP) is -3.08. The molecule has 0 aromatic heterocycles. The second kappa shape index (κ2) is 29.3. The van der Waals surface area contributed by atoms with Crippen molar-refractivity contribution in [2.75, 3.05) is 13.2 Å². The summed E-state index contributed by atoms with van der Waals surface area (Å²) in [5.74, 6) is -0.539. The molecule has 6 saturated heterocycles. The summed E-state index contributed by atoms with van der Waals surface area (Å²) in [6, 6.07) is 0. The molecule has 6 heterocycles. The van der Waals surface area contributed by atoms with Gasteiger partial charge in [0.15, 0.2) is 37.7 Å². The number of hydrogen-bond donors (Lipinski definition) is 16. The lowest BCUT2D eigenvalue weighted by molar-refractivity contribution is -0.401. The van der Waals surface area contributed by atoms with Crippen LogP contribution in [-0.4, -0.2) is 299 Å². The minimum Gasteiger partial charge on any atom is -0.394 e. The van der Waals surface area contributed by atoms with Crippen molar-refractivity contribution in [3.05, 3.63) is 23.3 Å². The number of fused-ring (bicyclic) bond motifs is 5. The molecule has 0 spiro atoms. The number of allylic oxidation sites excluding steroid dienone is 4. The molecule has 3 saturated carbocycles. The molecule has 0 unspecified atom stereocenters. The zero-order valence-electron chi connectivity index (χ0n) is 54.3. The lowest BCUT2D eigenvalue weighted by Crippen LogP contribution is -2.67. The molecule has 10 rings (SSSR count). The van der Waals surface area contributed by atoms with Gasteiger partial charge < -0.3 is 133 Å². The molecule has 32 heteroatoms. The molecule has 38 atom stereocenters. The zero-order chi connectivity index (χ0) is 68.7. The number of aliphatic hydroxyl groups excluding tert-OH is 14. The molecule has 4 aliphatic carbocycles. The summed E-state index contributed by atoms with van der Waals surface area (Å²) in [5.41, 5.74) is 0.430. The van der Waals surface area contributed by atoms with Crippen molar-refractivity contribution in [3.63, 3.8) is 0 Å². The number of ether oxygens (including phenoxy) is 12. The standard InChI is InChI=1S/C62H102O31S/c1-23(2)11-10-16-62(9,77)36-13-12-30-29-20-33(32-19-28(93-94(78,79)80)14-17-60(32,7)31(29)15-18-61(30,36)8)86-56-48(75)51(40(67)26(5)83-56)90-58-52(91-54-46(73)43(70)37(64)24(3)82-54)42(69)35(22-81-58)88-59-53(45(72)38(65)25(4)85-59)92-57-49(76)50(39(66)27(6)84-57)89-55-47(74)44(71)41(68)34(21-63)87-55/h11,15,24-30,32-59,63-77H,10,12-14,16-22H2,1-9H3,(H,78,79,80)/t24-,25-,26-,27-,28+,29+,30+,32-,33+,34-,35+,36+,37-,38+,39+,40-,41+,42+,43+,44+,45+,46-,47-,48-,49-,50+,51+,52-,53-,54+,55+,56+,57+,58+,59+,60-,61+,62+/m1/s1. The summed E-state index contributed by atoms with van der Waals surface area (Å²) in [5, 5.41) is 169. The summed E-state index contributed by atoms with van der Waals surface area (Å²) in [7, 11) is -4.88. The molecule has 0 bridgehead atoms. The van der Waals surface area contributed by atoms with E-state index in [1.54, 1.807) is 0 Å². The van der Waals surface area contributed by atoms with Gasteiger partial charge >= 0.3 is 10.4 Å². The van der Waals surface area contributed by atoms with E-state index in [4.69, 9.17) is 61.0 Å². The highest BCUT2D eigenvalue weighted by Crippen LogP contribution is 2.67. The predicted molar refractivity (Wildman–Crippen MR) is 316 cm³/mol. The quantitative estimate of drug-likeness (QED) is 0.0450. The third kappa shape index (κ3) is 14.8. The zero-order valence-corrected chi connectivity index (χ0v) is 55.1. The van der Waals surface area contributed by atoms with Crippen molar-refractivity contribution >= 4 is 10.4 Å². The average Bonchev–Trinajstić information content (AvgIpc) is 1.34. The highest BCUT2D eigenvalue weighted by molar-refractivity contribution is 7.80. The minimum atomic E-state index is -4.88. The smallest absolute Gasteiger partial charge is 0.394 e. The first kappa shape index (κ1) is 74.9.